The number of benzene rings is 1. The van der Waals surface area contributed by atoms with Crippen molar-refractivity contribution in [3.05, 3.63) is 29.8 Å². The van der Waals surface area contributed by atoms with E-state index < -0.39 is 11.8 Å². The fourth-order valence-electron chi connectivity index (χ4n) is 2.45. The molecule has 0 heterocycles. The number of anilines is 1. The number of halogens is 2. The molecule has 0 radical (unpaired) electrons. The fourth-order valence-corrected chi connectivity index (χ4v) is 2.45. The molecule has 1 aromatic rings. The van der Waals surface area contributed by atoms with E-state index >= 15 is 0 Å². The Kier molecular flexibility index (Phi) is 3.13. The van der Waals surface area contributed by atoms with Crippen LogP contribution < -0.4 is 5.73 Å². The van der Waals surface area contributed by atoms with Crippen molar-refractivity contribution in [2.75, 3.05) is 5.73 Å². The zero-order chi connectivity index (χ0) is 11.6. The summed E-state index contributed by atoms with van der Waals surface area (Å²) in [5.74, 6) is -3.24. The van der Waals surface area contributed by atoms with Crippen LogP contribution in [0, 0.1) is 5.92 Å². The monoisotopic (exact) mass is 225 g/mol. The maximum atomic E-state index is 14.2. The van der Waals surface area contributed by atoms with Crippen molar-refractivity contribution < 1.29 is 8.78 Å². The summed E-state index contributed by atoms with van der Waals surface area (Å²) in [6.07, 6.45) is 4.18. The van der Waals surface area contributed by atoms with Crippen molar-refractivity contribution in [2.45, 2.75) is 38.0 Å². The maximum absolute atomic E-state index is 14.2. The van der Waals surface area contributed by atoms with Gasteiger partial charge in [0.1, 0.15) is 0 Å². The van der Waals surface area contributed by atoms with E-state index in [1.54, 1.807) is 12.1 Å². The van der Waals surface area contributed by atoms with Crippen LogP contribution in [0.4, 0.5) is 14.5 Å². The van der Waals surface area contributed by atoms with Crippen LogP contribution in [0.15, 0.2) is 24.3 Å². The van der Waals surface area contributed by atoms with Crippen LogP contribution in [-0.2, 0) is 5.92 Å². The molecular formula is C13H17F2N. The van der Waals surface area contributed by atoms with Gasteiger partial charge in [-0.05, 0) is 25.0 Å². The average molecular weight is 225 g/mol. The van der Waals surface area contributed by atoms with Crippen molar-refractivity contribution in [1.82, 2.24) is 0 Å². The molecule has 1 aliphatic rings. The predicted molar refractivity (Wildman–Crippen MR) is 61.3 cm³/mol. The summed E-state index contributed by atoms with van der Waals surface area (Å²) in [6.45, 7) is 0. The van der Waals surface area contributed by atoms with Gasteiger partial charge in [0, 0.05) is 17.2 Å². The first kappa shape index (κ1) is 11.4. The quantitative estimate of drug-likeness (QED) is 0.758. The molecule has 88 valence electrons. The molecule has 0 unspecified atom stereocenters. The summed E-state index contributed by atoms with van der Waals surface area (Å²) in [5.41, 5.74) is 6.03. The molecule has 1 aromatic carbocycles. The van der Waals surface area contributed by atoms with Crippen molar-refractivity contribution in [2.24, 2.45) is 5.92 Å². The highest BCUT2D eigenvalue weighted by Crippen LogP contribution is 2.43. The van der Waals surface area contributed by atoms with Crippen molar-refractivity contribution in [3.8, 4) is 0 Å². The number of nitrogens with two attached hydrogens (primary N) is 1. The van der Waals surface area contributed by atoms with Crippen LogP contribution in [0.3, 0.4) is 0 Å². The normalized spacial score (nSPS) is 18.6. The van der Waals surface area contributed by atoms with E-state index in [1.165, 1.54) is 12.1 Å². The van der Waals surface area contributed by atoms with Crippen molar-refractivity contribution in [3.63, 3.8) is 0 Å². The summed E-state index contributed by atoms with van der Waals surface area (Å²) < 4.78 is 28.3. The molecule has 0 amide bonds. The summed E-state index contributed by atoms with van der Waals surface area (Å²) >= 11 is 0. The fraction of sp³-hybridized carbons (Fsp3) is 0.538. The van der Waals surface area contributed by atoms with Gasteiger partial charge in [0.05, 0.1) is 0 Å². The molecule has 0 aromatic heterocycles. The first-order valence-electron chi connectivity index (χ1n) is 5.84. The smallest absolute Gasteiger partial charge is 0.276 e. The largest absolute Gasteiger partial charge is 0.399 e. The Bertz CT molecular complexity index is 357. The van der Waals surface area contributed by atoms with Gasteiger partial charge in [-0.3, -0.25) is 0 Å². The Balaban J connectivity index is 2.22. The lowest BCUT2D eigenvalue weighted by molar-refractivity contribution is -0.0777. The Morgan fingerprint density at radius 2 is 1.81 bits per heavy atom. The molecule has 0 spiro atoms. The zero-order valence-corrected chi connectivity index (χ0v) is 9.26. The third-order valence-corrected chi connectivity index (χ3v) is 3.39. The molecule has 0 bridgehead atoms. The summed E-state index contributed by atoms with van der Waals surface area (Å²) in [5, 5.41) is 0. The number of rotatable bonds is 2. The minimum Gasteiger partial charge on any atom is -0.399 e. The lowest BCUT2D eigenvalue weighted by Gasteiger charge is -2.30. The van der Waals surface area contributed by atoms with Gasteiger partial charge in [0.15, 0.2) is 0 Å². The van der Waals surface area contributed by atoms with Crippen LogP contribution in [-0.4, -0.2) is 0 Å². The molecule has 0 saturated heterocycles. The molecule has 0 aliphatic heterocycles. The average Bonchev–Trinajstić information content (AvgIpc) is 2.30. The van der Waals surface area contributed by atoms with Gasteiger partial charge >= 0.3 is 0 Å². The molecule has 1 aliphatic carbocycles. The third kappa shape index (κ3) is 2.18. The maximum Gasteiger partial charge on any atom is 0.276 e. The minimum absolute atomic E-state index is 0.0689. The van der Waals surface area contributed by atoms with Crippen LogP contribution in [0.5, 0.6) is 0 Å². The Labute approximate surface area is 94.7 Å². The topological polar surface area (TPSA) is 26.0 Å². The van der Waals surface area contributed by atoms with E-state index in [2.05, 4.69) is 0 Å². The molecule has 3 heteroatoms. The highest BCUT2D eigenvalue weighted by atomic mass is 19.3. The SMILES string of the molecule is Nc1cccc(C(F)(F)C2CCCCC2)c1. The van der Waals surface area contributed by atoms with Gasteiger partial charge in [-0.25, -0.2) is 8.78 Å². The van der Waals surface area contributed by atoms with E-state index in [9.17, 15) is 8.78 Å². The molecule has 1 nitrogen and oxygen atoms in total. The highest BCUT2D eigenvalue weighted by molar-refractivity contribution is 5.42. The summed E-state index contributed by atoms with van der Waals surface area (Å²) in [6, 6.07) is 6.11. The molecule has 2 N–H and O–H groups in total. The van der Waals surface area contributed by atoms with E-state index in [0.717, 1.165) is 19.3 Å². The molecular weight excluding hydrogens is 208 g/mol. The summed E-state index contributed by atoms with van der Waals surface area (Å²) in [4.78, 5) is 0. The second-order valence-corrected chi connectivity index (χ2v) is 4.58. The van der Waals surface area contributed by atoms with Crippen LogP contribution in [0.1, 0.15) is 37.7 Å². The second kappa shape index (κ2) is 4.40. The first-order valence-corrected chi connectivity index (χ1v) is 5.84. The van der Waals surface area contributed by atoms with Crippen LogP contribution in [0.2, 0.25) is 0 Å². The molecule has 0 atom stereocenters. The van der Waals surface area contributed by atoms with E-state index in [4.69, 9.17) is 5.73 Å². The minimum atomic E-state index is -2.73. The second-order valence-electron chi connectivity index (χ2n) is 4.58. The number of nitrogen functional groups attached to an aromatic ring is 1. The van der Waals surface area contributed by atoms with Crippen LogP contribution in [0.25, 0.3) is 0 Å². The van der Waals surface area contributed by atoms with Gasteiger partial charge < -0.3 is 5.73 Å². The number of hydrogen-bond donors (Lipinski definition) is 1. The van der Waals surface area contributed by atoms with Gasteiger partial charge in [-0.15, -0.1) is 0 Å². The Hall–Kier alpha value is -1.12. The predicted octanol–water partition coefficient (Wildman–Crippen LogP) is 3.94. The molecule has 1 saturated carbocycles. The van der Waals surface area contributed by atoms with Gasteiger partial charge in [0.2, 0.25) is 0 Å². The third-order valence-electron chi connectivity index (χ3n) is 3.39. The molecule has 1 fully saturated rings. The Morgan fingerprint density at radius 3 is 2.44 bits per heavy atom. The first-order chi connectivity index (χ1) is 7.60. The van der Waals surface area contributed by atoms with Gasteiger partial charge in [0.25, 0.3) is 5.92 Å². The highest BCUT2D eigenvalue weighted by Gasteiger charge is 2.41. The zero-order valence-electron chi connectivity index (χ0n) is 9.26. The van der Waals surface area contributed by atoms with E-state index in [-0.39, 0.29) is 5.56 Å². The van der Waals surface area contributed by atoms with Gasteiger partial charge in [-0.2, -0.15) is 0 Å². The van der Waals surface area contributed by atoms with Crippen molar-refractivity contribution in [1.29, 1.82) is 0 Å². The number of hydrogen-bond acceptors (Lipinski definition) is 1. The molecule has 16 heavy (non-hydrogen) atoms. The number of alkyl halides is 2. The lowest BCUT2D eigenvalue weighted by Crippen LogP contribution is -2.27. The summed E-state index contributed by atoms with van der Waals surface area (Å²) in [7, 11) is 0. The van der Waals surface area contributed by atoms with Crippen molar-refractivity contribution >= 4 is 5.69 Å². The van der Waals surface area contributed by atoms with Gasteiger partial charge in [-0.1, -0.05) is 31.4 Å². The lowest BCUT2D eigenvalue weighted by atomic mass is 9.82. The van der Waals surface area contributed by atoms with E-state index in [1.807, 2.05) is 0 Å². The van der Waals surface area contributed by atoms with E-state index in [0.29, 0.717) is 18.5 Å². The molecule has 2 rings (SSSR count). The standard InChI is InChI=1S/C13H17F2N/c14-13(15,10-5-2-1-3-6-10)11-7-4-8-12(16)9-11/h4,7-10H,1-3,5-6,16H2. The Morgan fingerprint density at radius 1 is 1.12 bits per heavy atom. The van der Waals surface area contributed by atoms with Crippen LogP contribution >= 0.6 is 0 Å².